The molecule has 2 aromatic carbocycles. The van der Waals surface area contributed by atoms with E-state index in [0.717, 1.165) is 45.1 Å². The van der Waals surface area contributed by atoms with Crippen LogP contribution in [0.2, 0.25) is 0 Å². The van der Waals surface area contributed by atoms with Crippen LogP contribution in [-0.4, -0.2) is 85.3 Å². The number of hydrogen-bond donors (Lipinski definition) is 0. The average Bonchev–Trinajstić information content (AvgIpc) is 3.72. The van der Waals surface area contributed by atoms with E-state index in [1.54, 1.807) is 77.2 Å². The summed E-state index contributed by atoms with van der Waals surface area (Å²) >= 11 is 0. The second kappa shape index (κ2) is 17.7. The molecule has 50 heavy (non-hydrogen) atoms. The molecule has 0 aliphatic carbocycles. The van der Waals surface area contributed by atoms with Crippen LogP contribution in [-0.2, 0) is 33.1 Å². The standard InChI is InChI=1S/2C17H18N3O3S.Mg.H2O/c2*1-10-8-18-15(11(2)16(10)23-4)9-24(21)17-19-13-6-5-12(22-3)7-14(13)20-17;;/h2*5-8H,9H2,1-4H3;;1H2/q2*-1;+2;. The Hall–Kier alpha value is -4.09. The molecule has 0 spiro atoms. The van der Waals surface area contributed by atoms with E-state index in [9.17, 15) is 8.42 Å². The molecule has 16 heteroatoms. The van der Waals surface area contributed by atoms with E-state index in [0.29, 0.717) is 43.9 Å². The third-order valence-electron chi connectivity index (χ3n) is 7.67. The van der Waals surface area contributed by atoms with Crippen molar-refractivity contribution in [3.63, 3.8) is 0 Å². The summed E-state index contributed by atoms with van der Waals surface area (Å²) in [6, 6.07) is 10.8. The molecule has 2 N–H and O–H groups in total. The minimum Gasteiger partial charge on any atom is -0.497 e. The predicted octanol–water partition coefficient (Wildman–Crippen LogP) is 3.85. The number of methoxy groups -OCH3 is 4. The molecule has 4 heterocycles. The van der Waals surface area contributed by atoms with E-state index >= 15 is 0 Å². The Morgan fingerprint density at radius 2 is 1.00 bits per heavy atom. The first-order valence-corrected chi connectivity index (χ1v) is 17.4. The molecular weight excluding hydrogens is 693 g/mol. The summed E-state index contributed by atoms with van der Waals surface area (Å²) in [6.07, 6.45) is 3.46. The molecule has 0 bridgehead atoms. The second-order valence-electron chi connectivity index (χ2n) is 10.8. The first kappa shape index (κ1) is 40.3. The number of imidazole rings is 2. The van der Waals surface area contributed by atoms with E-state index in [1.807, 2.05) is 27.7 Å². The molecule has 0 saturated heterocycles. The Labute approximate surface area is 311 Å². The molecule has 0 fully saturated rings. The van der Waals surface area contributed by atoms with Crippen molar-refractivity contribution in [2.75, 3.05) is 28.4 Å². The molecule has 6 rings (SSSR count). The number of pyridine rings is 2. The third kappa shape index (κ3) is 8.79. The van der Waals surface area contributed by atoms with Gasteiger partial charge in [0.25, 0.3) is 0 Å². The molecule has 13 nitrogen and oxygen atoms in total. The van der Waals surface area contributed by atoms with Crippen molar-refractivity contribution < 1.29 is 32.8 Å². The number of rotatable bonds is 10. The van der Waals surface area contributed by atoms with Gasteiger partial charge in [-0.3, -0.25) is 18.4 Å². The smallest absolute Gasteiger partial charge is 0.497 e. The van der Waals surface area contributed by atoms with Crippen LogP contribution in [0.15, 0.2) is 59.1 Å². The molecule has 0 aliphatic heterocycles. The fourth-order valence-electron chi connectivity index (χ4n) is 5.11. The summed E-state index contributed by atoms with van der Waals surface area (Å²) in [6.45, 7) is 7.69. The number of ether oxygens (including phenoxy) is 4. The van der Waals surface area contributed by atoms with Crippen molar-refractivity contribution >= 4 is 66.7 Å². The van der Waals surface area contributed by atoms with Gasteiger partial charge in [0.1, 0.15) is 23.0 Å². The van der Waals surface area contributed by atoms with Gasteiger partial charge in [0.2, 0.25) is 0 Å². The van der Waals surface area contributed by atoms with Crippen molar-refractivity contribution in [1.29, 1.82) is 0 Å². The first-order chi connectivity index (χ1) is 23.1. The number of hydrogen-bond acceptors (Lipinski definition) is 10. The van der Waals surface area contributed by atoms with Crippen molar-refractivity contribution in [2.24, 2.45) is 0 Å². The van der Waals surface area contributed by atoms with Gasteiger partial charge in [-0.1, -0.05) is 12.1 Å². The SMILES string of the molecule is COc1ccc2[n-]c(S(=O)Cc3ncc(C)c(OC)c3C)nc2c1.COc1ccc2[n-]c(S(=O)Cc3ncc(C)c(OC)c3C)nc2c1.O.[Mg+2]. The van der Waals surface area contributed by atoms with Crippen LogP contribution in [0, 0.1) is 27.7 Å². The maximum absolute atomic E-state index is 12.6. The van der Waals surface area contributed by atoms with Crippen LogP contribution in [0.5, 0.6) is 23.0 Å². The van der Waals surface area contributed by atoms with Crippen LogP contribution in [0.4, 0.5) is 0 Å². The fraction of sp³-hybridized carbons (Fsp3) is 0.294. The van der Waals surface area contributed by atoms with E-state index in [4.69, 9.17) is 18.9 Å². The Bertz CT molecular complexity index is 2000. The monoisotopic (exact) mass is 730 g/mol. The van der Waals surface area contributed by atoms with Gasteiger partial charge >= 0.3 is 23.1 Å². The van der Waals surface area contributed by atoms with Crippen LogP contribution in [0.3, 0.4) is 0 Å². The number of fused-ring (bicyclic) bond motifs is 2. The summed E-state index contributed by atoms with van der Waals surface area (Å²) < 4.78 is 46.4. The fourth-order valence-corrected chi connectivity index (χ4v) is 7.24. The molecular formula is C34H38MgN6O7S2. The second-order valence-corrected chi connectivity index (χ2v) is 13.5. The van der Waals surface area contributed by atoms with E-state index in [2.05, 4.69) is 29.9 Å². The Balaban J connectivity index is 0.000000260. The zero-order chi connectivity index (χ0) is 34.5. The minimum absolute atomic E-state index is 0. The zero-order valence-electron chi connectivity index (χ0n) is 29.2. The third-order valence-corrected chi connectivity index (χ3v) is 9.92. The normalized spacial score (nSPS) is 11.8. The van der Waals surface area contributed by atoms with Gasteiger partial charge in [-0.05, 0) is 74.0 Å². The van der Waals surface area contributed by atoms with Gasteiger partial charge in [0.15, 0.2) is 0 Å². The molecule has 2 atom stereocenters. The quantitative estimate of drug-likeness (QED) is 0.186. The Kier molecular flexibility index (Phi) is 14.3. The molecule has 4 aromatic heterocycles. The average molecular weight is 731 g/mol. The maximum Gasteiger partial charge on any atom is 2.00 e. The Morgan fingerprint density at radius 1 is 0.620 bits per heavy atom. The summed E-state index contributed by atoms with van der Waals surface area (Å²) in [7, 11) is 3.66. The number of benzene rings is 2. The van der Waals surface area contributed by atoms with Gasteiger partial charge in [-0.25, -0.2) is 0 Å². The van der Waals surface area contributed by atoms with Crippen LogP contribution < -0.4 is 28.9 Å². The predicted molar refractivity (Wildman–Crippen MR) is 193 cm³/mol. The van der Waals surface area contributed by atoms with Gasteiger partial charge in [-0.2, -0.15) is 0 Å². The summed E-state index contributed by atoms with van der Waals surface area (Å²) in [5, 5.41) is 0.609. The molecule has 2 unspecified atom stereocenters. The van der Waals surface area contributed by atoms with E-state index in [-0.39, 0.29) is 40.0 Å². The van der Waals surface area contributed by atoms with Crippen molar-refractivity contribution in [2.45, 2.75) is 49.5 Å². The van der Waals surface area contributed by atoms with Crippen LogP contribution in [0.25, 0.3) is 22.1 Å². The molecule has 6 aromatic rings. The van der Waals surface area contributed by atoms with Gasteiger partial charge < -0.3 is 44.4 Å². The Morgan fingerprint density at radius 3 is 1.34 bits per heavy atom. The molecule has 0 radical (unpaired) electrons. The van der Waals surface area contributed by atoms with E-state index < -0.39 is 21.6 Å². The van der Waals surface area contributed by atoms with Gasteiger partial charge in [-0.15, -0.1) is 0 Å². The number of aromatic nitrogens is 6. The summed E-state index contributed by atoms with van der Waals surface area (Å²) in [5.41, 5.74) is 7.87. The van der Waals surface area contributed by atoms with Crippen molar-refractivity contribution in [1.82, 2.24) is 29.9 Å². The first-order valence-electron chi connectivity index (χ1n) is 14.8. The zero-order valence-corrected chi connectivity index (χ0v) is 32.2. The molecule has 0 saturated carbocycles. The maximum atomic E-state index is 12.6. The van der Waals surface area contributed by atoms with Crippen LogP contribution >= 0.6 is 0 Å². The van der Waals surface area contributed by atoms with Crippen molar-refractivity contribution in [3.05, 3.63) is 82.4 Å². The molecule has 0 amide bonds. The van der Waals surface area contributed by atoms with E-state index in [1.165, 1.54) is 0 Å². The van der Waals surface area contributed by atoms with Gasteiger partial charge in [0.05, 0.1) is 72.9 Å². The largest absolute Gasteiger partial charge is 2.00 e. The van der Waals surface area contributed by atoms with Crippen LogP contribution in [0.1, 0.15) is 33.6 Å². The van der Waals surface area contributed by atoms with Crippen molar-refractivity contribution in [3.8, 4) is 23.0 Å². The number of aryl methyl sites for hydroxylation is 2. The van der Waals surface area contributed by atoms with Gasteiger partial charge in [0, 0.05) is 45.0 Å². The molecule has 260 valence electrons. The minimum atomic E-state index is -1.38. The summed E-state index contributed by atoms with van der Waals surface area (Å²) in [4.78, 5) is 26.2. The number of nitrogens with zero attached hydrogens (tertiary/aromatic N) is 6. The molecule has 0 aliphatic rings. The summed E-state index contributed by atoms with van der Waals surface area (Å²) in [5.74, 6) is 3.43. The topological polar surface area (TPSA) is 182 Å².